The van der Waals surface area contributed by atoms with Crippen molar-refractivity contribution in [2.45, 2.75) is 18.9 Å². The third-order valence-corrected chi connectivity index (χ3v) is 4.54. The van der Waals surface area contributed by atoms with Gasteiger partial charge in [0.15, 0.2) is 0 Å². The number of nitrogens with one attached hydrogen (secondary N) is 2. The van der Waals surface area contributed by atoms with Crippen LogP contribution in [0.2, 0.25) is 5.02 Å². The Labute approximate surface area is 148 Å². The molecule has 0 radical (unpaired) electrons. The number of hydrogen-bond donors (Lipinski definition) is 2. The average Bonchev–Trinajstić information content (AvgIpc) is 3.09. The zero-order chi connectivity index (χ0) is 18.1. The van der Waals surface area contributed by atoms with Crippen molar-refractivity contribution in [1.29, 1.82) is 0 Å². The smallest absolute Gasteiger partial charge is 0.407 e. The molecule has 0 spiro atoms. The van der Waals surface area contributed by atoms with E-state index >= 15 is 0 Å². The summed E-state index contributed by atoms with van der Waals surface area (Å²) in [6, 6.07) is 3.82. The van der Waals surface area contributed by atoms with Crippen LogP contribution in [-0.2, 0) is 18.2 Å². The lowest BCUT2D eigenvalue weighted by atomic mass is 10.1. The number of rotatable bonds is 3. The lowest BCUT2D eigenvalue weighted by molar-refractivity contribution is 0.101. The number of aromatic nitrogens is 1. The Morgan fingerprint density at radius 1 is 1.40 bits per heavy atom. The number of ether oxygens (including phenoxy) is 1. The van der Waals surface area contributed by atoms with Gasteiger partial charge in [-0.05, 0) is 42.2 Å². The summed E-state index contributed by atoms with van der Waals surface area (Å²) < 4.78 is 19.6. The van der Waals surface area contributed by atoms with E-state index < -0.39 is 11.9 Å². The van der Waals surface area contributed by atoms with E-state index in [9.17, 15) is 14.0 Å². The first kappa shape index (κ1) is 17.3. The zero-order valence-electron chi connectivity index (χ0n) is 13.7. The number of benzene rings is 1. The van der Waals surface area contributed by atoms with Gasteiger partial charge in [0.05, 0.1) is 18.2 Å². The topological polar surface area (TPSA) is 72.4 Å². The fraction of sp³-hybridized carbons (Fsp3) is 0.294. The van der Waals surface area contributed by atoms with Crippen LogP contribution in [-0.4, -0.2) is 23.7 Å². The molecule has 3 rings (SSSR count). The van der Waals surface area contributed by atoms with E-state index in [4.69, 9.17) is 11.6 Å². The number of amides is 2. The number of anilines is 1. The van der Waals surface area contributed by atoms with E-state index in [0.29, 0.717) is 24.2 Å². The fourth-order valence-corrected chi connectivity index (χ4v) is 3.30. The second kappa shape index (κ2) is 6.76. The number of hydrogen-bond acceptors (Lipinski definition) is 3. The van der Waals surface area contributed by atoms with Crippen molar-refractivity contribution in [3.63, 3.8) is 0 Å². The maximum Gasteiger partial charge on any atom is 0.407 e. The van der Waals surface area contributed by atoms with Gasteiger partial charge in [-0.1, -0.05) is 11.6 Å². The van der Waals surface area contributed by atoms with Crippen molar-refractivity contribution >= 4 is 29.3 Å². The van der Waals surface area contributed by atoms with Gasteiger partial charge in [0.25, 0.3) is 5.91 Å². The van der Waals surface area contributed by atoms with E-state index in [1.54, 1.807) is 11.6 Å². The minimum atomic E-state index is -0.545. The standard InChI is InChI=1S/C17H17ClFN3O3/c1-22-8-11-10(4-6-14(11)21-17(24)25-2)15(22)16(23)20-9-3-5-13(19)12(18)7-9/h3,5,7-8,14H,4,6H2,1-2H3,(H,20,23)(H,21,24)/t14-/m1/s1. The van der Waals surface area contributed by atoms with Gasteiger partial charge in [0, 0.05) is 18.9 Å². The van der Waals surface area contributed by atoms with Crippen LogP contribution in [0.1, 0.15) is 34.1 Å². The summed E-state index contributed by atoms with van der Waals surface area (Å²) in [4.78, 5) is 24.1. The monoisotopic (exact) mass is 365 g/mol. The summed E-state index contributed by atoms with van der Waals surface area (Å²) in [7, 11) is 3.07. The molecule has 2 N–H and O–H groups in total. The number of aryl methyl sites for hydroxylation is 1. The second-order valence-corrected chi connectivity index (χ2v) is 6.24. The molecule has 1 aromatic carbocycles. The van der Waals surface area contributed by atoms with Crippen molar-refractivity contribution in [3.8, 4) is 0 Å². The molecule has 0 aliphatic heterocycles. The largest absolute Gasteiger partial charge is 0.453 e. The van der Waals surface area contributed by atoms with Crippen LogP contribution in [0.4, 0.5) is 14.9 Å². The number of carbonyl (C=O) groups excluding carboxylic acids is 2. The Kier molecular flexibility index (Phi) is 4.67. The second-order valence-electron chi connectivity index (χ2n) is 5.83. The Bertz CT molecular complexity index is 850. The highest BCUT2D eigenvalue weighted by molar-refractivity contribution is 6.31. The molecule has 1 aromatic heterocycles. The molecule has 2 aromatic rings. The Balaban J connectivity index is 1.83. The molecular formula is C17H17ClFN3O3. The molecule has 0 fully saturated rings. The van der Waals surface area contributed by atoms with Gasteiger partial charge < -0.3 is 19.9 Å². The Hall–Kier alpha value is -2.54. The van der Waals surface area contributed by atoms with Crippen LogP contribution in [0.3, 0.4) is 0 Å². The first-order chi connectivity index (χ1) is 11.9. The number of alkyl carbamates (subject to hydrolysis) is 1. The molecule has 1 atom stereocenters. The van der Waals surface area contributed by atoms with Crippen molar-refractivity contribution in [2.24, 2.45) is 7.05 Å². The minimum absolute atomic E-state index is 0.0581. The van der Waals surface area contributed by atoms with Crippen LogP contribution < -0.4 is 10.6 Å². The molecule has 1 heterocycles. The maximum absolute atomic E-state index is 13.2. The molecule has 2 amide bonds. The van der Waals surface area contributed by atoms with Gasteiger partial charge >= 0.3 is 6.09 Å². The lowest BCUT2D eigenvalue weighted by Gasteiger charge is -2.11. The summed E-state index contributed by atoms with van der Waals surface area (Å²) in [5.41, 5.74) is 2.70. The minimum Gasteiger partial charge on any atom is -0.453 e. The van der Waals surface area contributed by atoms with E-state index in [1.807, 2.05) is 6.20 Å². The van der Waals surface area contributed by atoms with Crippen LogP contribution >= 0.6 is 11.6 Å². The van der Waals surface area contributed by atoms with Crippen molar-refractivity contribution in [2.75, 3.05) is 12.4 Å². The highest BCUT2D eigenvalue weighted by Crippen LogP contribution is 2.35. The van der Waals surface area contributed by atoms with Crippen molar-refractivity contribution < 1.29 is 18.7 Å². The van der Waals surface area contributed by atoms with Gasteiger partial charge in [-0.3, -0.25) is 4.79 Å². The summed E-state index contributed by atoms with van der Waals surface area (Å²) >= 11 is 5.74. The van der Waals surface area contributed by atoms with Crippen LogP contribution in [0.15, 0.2) is 24.4 Å². The molecule has 25 heavy (non-hydrogen) atoms. The molecular weight excluding hydrogens is 349 g/mol. The van der Waals surface area contributed by atoms with Gasteiger partial charge in [-0.25, -0.2) is 9.18 Å². The molecule has 0 saturated heterocycles. The third-order valence-electron chi connectivity index (χ3n) is 4.25. The number of fused-ring (bicyclic) bond motifs is 1. The summed E-state index contributed by atoms with van der Waals surface area (Å²) in [5, 5.41) is 5.43. The summed E-state index contributed by atoms with van der Waals surface area (Å²) in [6.07, 6.45) is 2.69. The van der Waals surface area contributed by atoms with Gasteiger partial charge in [0.1, 0.15) is 11.5 Å². The quantitative estimate of drug-likeness (QED) is 0.875. The molecule has 0 saturated carbocycles. The average molecular weight is 366 g/mol. The van der Waals surface area contributed by atoms with Gasteiger partial charge in [-0.2, -0.15) is 0 Å². The zero-order valence-corrected chi connectivity index (χ0v) is 14.5. The third kappa shape index (κ3) is 3.32. The molecule has 8 heteroatoms. The Morgan fingerprint density at radius 2 is 2.16 bits per heavy atom. The molecule has 1 aliphatic rings. The number of carbonyl (C=O) groups is 2. The molecule has 0 bridgehead atoms. The molecule has 0 unspecified atom stereocenters. The highest BCUT2D eigenvalue weighted by atomic mass is 35.5. The van der Waals surface area contributed by atoms with E-state index in [-0.39, 0.29) is 17.0 Å². The predicted molar refractivity (Wildman–Crippen MR) is 91.4 cm³/mol. The highest BCUT2D eigenvalue weighted by Gasteiger charge is 2.31. The molecule has 132 valence electrons. The van der Waals surface area contributed by atoms with E-state index in [1.165, 1.54) is 25.3 Å². The SMILES string of the molecule is COC(=O)N[C@@H]1CCc2c1cn(C)c2C(=O)Nc1ccc(F)c(Cl)c1. The van der Waals surface area contributed by atoms with Gasteiger partial charge in [0.2, 0.25) is 0 Å². The van der Waals surface area contributed by atoms with E-state index in [2.05, 4.69) is 15.4 Å². The normalized spacial score (nSPS) is 15.6. The summed E-state index contributed by atoms with van der Waals surface area (Å²) in [5.74, 6) is -0.860. The first-order valence-electron chi connectivity index (χ1n) is 7.69. The van der Waals surface area contributed by atoms with Crippen LogP contribution in [0, 0.1) is 5.82 Å². The molecule has 1 aliphatic carbocycles. The number of methoxy groups -OCH3 is 1. The number of halogens is 2. The van der Waals surface area contributed by atoms with Crippen LogP contribution in [0.25, 0.3) is 0 Å². The maximum atomic E-state index is 13.2. The Morgan fingerprint density at radius 3 is 2.84 bits per heavy atom. The van der Waals surface area contributed by atoms with Gasteiger partial charge in [-0.15, -0.1) is 0 Å². The molecule has 6 nitrogen and oxygen atoms in total. The van der Waals surface area contributed by atoms with Crippen molar-refractivity contribution in [3.05, 3.63) is 52.1 Å². The first-order valence-corrected chi connectivity index (χ1v) is 8.07. The lowest BCUT2D eigenvalue weighted by Crippen LogP contribution is -2.26. The number of nitrogens with zero attached hydrogens (tertiary/aromatic N) is 1. The van der Waals surface area contributed by atoms with E-state index in [0.717, 1.165) is 11.1 Å². The van der Waals surface area contributed by atoms with Crippen molar-refractivity contribution in [1.82, 2.24) is 9.88 Å². The predicted octanol–water partition coefficient (Wildman–Crippen LogP) is 3.41. The van der Waals surface area contributed by atoms with Crippen LogP contribution in [0.5, 0.6) is 0 Å². The fourth-order valence-electron chi connectivity index (χ4n) is 3.12. The summed E-state index contributed by atoms with van der Waals surface area (Å²) in [6.45, 7) is 0.